The molecule has 1 fully saturated rings. The summed E-state index contributed by atoms with van der Waals surface area (Å²) in [5.41, 5.74) is 3.12. The van der Waals surface area contributed by atoms with Crippen LogP contribution in [0.1, 0.15) is 62.1 Å². The lowest BCUT2D eigenvalue weighted by Gasteiger charge is -2.32. The number of ether oxygens (including phenoxy) is 1. The van der Waals surface area contributed by atoms with Gasteiger partial charge in [-0.1, -0.05) is 91.1 Å². The number of nitrogens with zero attached hydrogens (tertiary/aromatic N) is 1. The van der Waals surface area contributed by atoms with E-state index >= 15 is 0 Å². The predicted molar refractivity (Wildman–Crippen MR) is 163 cm³/mol. The highest BCUT2D eigenvalue weighted by Gasteiger charge is 2.32. The normalized spacial score (nSPS) is 14.3. The number of benzene rings is 3. The van der Waals surface area contributed by atoms with Gasteiger partial charge in [-0.05, 0) is 75.6 Å². The SMILES string of the molecule is CC(C)c1ccc(OCC(=O)N(Cc2cccc(Br)c2)C(Cc2ccccc2)C(=O)NC2CCCC2)c(Br)c1. The zero-order valence-electron chi connectivity index (χ0n) is 22.5. The first-order valence-corrected chi connectivity index (χ1v) is 15.2. The molecule has 5 nitrogen and oxygen atoms in total. The van der Waals surface area contributed by atoms with Gasteiger partial charge in [0.25, 0.3) is 5.91 Å². The minimum atomic E-state index is -0.671. The Labute approximate surface area is 248 Å². The summed E-state index contributed by atoms with van der Waals surface area (Å²) in [4.78, 5) is 29.3. The molecule has 1 aliphatic rings. The van der Waals surface area contributed by atoms with E-state index in [4.69, 9.17) is 4.74 Å². The van der Waals surface area contributed by atoms with Crippen molar-refractivity contribution < 1.29 is 14.3 Å². The van der Waals surface area contributed by atoms with E-state index < -0.39 is 6.04 Å². The van der Waals surface area contributed by atoms with Crippen LogP contribution in [0.2, 0.25) is 0 Å². The molecule has 2 amide bonds. The maximum atomic E-state index is 13.9. The molecule has 1 unspecified atom stereocenters. The largest absolute Gasteiger partial charge is 0.483 e. The van der Waals surface area contributed by atoms with Gasteiger partial charge in [0.15, 0.2) is 6.61 Å². The molecule has 4 rings (SSSR count). The molecule has 1 N–H and O–H groups in total. The monoisotopic (exact) mass is 654 g/mol. The van der Waals surface area contributed by atoms with E-state index in [1.54, 1.807) is 4.90 Å². The van der Waals surface area contributed by atoms with E-state index in [0.717, 1.165) is 45.8 Å². The van der Waals surface area contributed by atoms with Gasteiger partial charge in [-0.3, -0.25) is 9.59 Å². The molecule has 39 heavy (non-hydrogen) atoms. The van der Waals surface area contributed by atoms with Crippen LogP contribution in [0.5, 0.6) is 5.75 Å². The molecule has 0 radical (unpaired) electrons. The summed E-state index contributed by atoms with van der Waals surface area (Å²) in [7, 11) is 0. The van der Waals surface area contributed by atoms with Crippen molar-refractivity contribution >= 4 is 43.7 Å². The van der Waals surface area contributed by atoms with Gasteiger partial charge >= 0.3 is 0 Å². The molecule has 0 spiro atoms. The Bertz CT molecular complexity index is 1260. The van der Waals surface area contributed by atoms with E-state index in [-0.39, 0.29) is 24.5 Å². The first kappa shape index (κ1) is 29.3. The minimum Gasteiger partial charge on any atom is -0.483 e. The van der Waals surface area contributed by atoms with Crippen molar-refractivity contribution in [3.8, 4) is 5.75 Å². The number of hydrogen-bond acceptors (Lipinski definition) is 3. The average molecular weight is 656 g/mol. The zero-order chi connectivity index (χ0) is 27.8. The van der Waals surface area contributed by atoms with Gasteiger partial charge < -0.3 is 15.0 Å². The summed E-state index contributed by atoms with van der Waals surface area (Å²) in [6, 6.07) is 23.1. The van der Waals surface area contributed by atoms with Crippen molar-refractivity contribution in [2.45, 2.75) is 70.5 Å². The molecular formula is C32H36Br2N2O3. The first-order chi connectivity index (χ1) is 18.8. The van der Waals surface area contributed by atoms with E-state index in [2.05, 4.69) is 51.0 Å². The number of nitrogens with one attached hydrogen (secondary N) is 1. The topological polar surface area (TPSA) is 58.6 Å². The maximum absolute atomic E-state index is 13.9. The molecule has 0 bridgehead atoms. The van der Waals surface area contributed by atoms with Crippen LogP contribution in [0.15, 0.2) is 81.7 Å². The van der Waals surface area contributed by atoms with Crippen molar-refractivity contribution in [3.05, 3.63) is 98.4 Å². The lowest BCUT2D eigenvalue weighted by molar-refractivity contribution is -0.143. The van der Waals surface area contributed by atoms with Crippen LogP contribution >= 0.6 is 31.9 Å². The molecule has 1 saturated carbocycles. The summed E-state index contributed by atoms with van der Waals surface area (Å²) < 4.78 is 7.74. The molecule has 3 aromatic carbocycles. The third kappa shape index (κ3) is 8.42. The second-order valence-electron chi connectivity index (χ2n) is 10.5. The van der Waals surface area contributed by atoms with Crippen molar-refractivity contribution in [1.29, 1.82) is 0 Å². The van der Waals surface area contributed by atoms with E-state index in [0.29, 0.717) is 24.6 Å². The Morgan fingerprint density at radius 1 is 0.949 bits per heavy atom. The van der Waals surface area contributed by atoms with Crippen LogP contribution in [0.4, 0.5) is 0 Å². The van der Waals surface area contributed by atoms with Gasteiger partial charge in [-0.25, -0.2) is 0 Å². The van der Waals surface area contributed by atoms with Crippen LogP contribution in [0.3, 0.4) is 0 Å². The van der Waals surface area contributed by atoms with Crippen molar-refractivity contribution in [2.24, 2.45) is 0 Å². The molecule has 3 aromatic rings. The van der Waals surface area contributed by atoms with Gasteiger partial charge in [0, 0.05) is 23.5 Å². The van der Waals surface area contributed by atoms with Crippen LogP contribution in [0.25, 0.3) is 0 Å². The Kier molecular flexibility index (Phi) is 10.6. The number of carbonyl (C=O) groups is 2. The highest BCUT2D eigenvalue weighted by Crippen LogP contribution is 2.29. The lowest BCUT2D eigenvalue weighted by Crippen LogP contribution is -2.53. The first-order valence-electron chi connectivity index (χ1n) is 13.6. The fourth-order valence-corrected chi connectivity index (χ4v) is 5.93. The molecule has 0 heterocycles. The van der Waals surface area contributed by atoms with Gasteiger partial charge in [0.05, 0.1) is 4.47 Å². The summed E-state index contributed by atoms with van der Waals surface area (Å²) in [6.07, 6.45) is 4.62. The van der Waals surface area contributed by atoms with Gasteiger partial charge in [-0.2, -0.15) is 0 Å². The fourth-order valence-electron chi connectivity index (χ4n) is 4.97. The van der Waals surface area contributed by atoms with Crippen LogP contribution in [-0.4, -0.2) is 35.4 Å². The Balaban J connectivity index is 1.61. The lowest BCUT2D eigenvalue weighted by atomic mass is 10.0. The Morgan fingerprint density at radius 3 is 2.33 bits per heavy atom. The standard InChI is InChI=1S/C32H36Br2N2O3/c1-22(2)25-15-16-30(28(34)19-25)39-21-31(37)36(20-24-11-8-12-26(33)17-24)29(18-23-9-4-3-5-10-23)32(38)35-27-13-6-7-14-27/h3-5,8-12,15-17,19,22,27,29H,6-7,13-14,18,20-21H2,1-2H3,(H,35,38). The van der Waals surface area contributed by atoms with E-state index in [9.17, 15) is 9.59 Å². The number of carbonyl (C=O) groups excluding carboxylic acids is 2. The van der Waals surface area contributed by atoms with Crippen molar-refractivity contribution in [1.82, 2.24) is 10.2 Å². The molecule has 1 aliphatic carbocycles. The van der Waals surface area contributed by atoms with Crippen LogP contribution in [0, 0.1) is 0 Å². The Hall–Kier alpha value is -2.64. The van der Waals surface area contributed by atoms with Gasteiger partial charge in [-0.15, -0.1) is 0 Å². The number of hydrogen-bond donors (Lipinski definition) is 1. The number of rotatable bonds is 11. The van der Waals surface area contributed by atoms with Crippen LogP contribution in [-0.2, 0) is 22.6 Å². The van der Waals surface area contributed by atoms with E-state index in [1.165, 1.54) is 5.56 Å². The fraction of sp³-hybridized carbons (Fsp3) is 0.375. The predicted octanol–water partition coefficient (Wildman–Crippen LogP) is 7.41. The third-order valence-corrected chi connectivity index (χ3v) is 8.30. The summed E-state index contributed by atoms with van der Waals surface area (Å²) in [5.74, 6) is 0.633. The molecule has 0 aliphatic heterocycles. The highest BCUT2D eigenvalue weighted by molar-refractivity contribution is 9.10. The number of amides is 2. The summed E-state index contributed by atoms with van der Waals surface area (Å²) in [6.45, 7) is 4.39. The van der Waals surface area contributed by atoms with Gasteiger partial charge in [0.2, 0.25) is 5.91 Å². The molecule has 0 aromatic heterocycles. The molecular weight excluding hydrogens is 620 g/mol. The minimum absolute atomic E-state index is 0.114. The molecule has 0 saturated heterocycles. The number of halogens is 2. The third-order valence-electron chi connectivity index (χ3n) is 7.19. The average Bonchev–Trinajstić information content (AvgIpc) is 3.43. The summed E-state index contributed by atoms with van der Waals surface area (Å²) >= 11 is 7.13. The highest BCUT2D eigenvalue weighted by atomic mass is 79.9. The maximum Gasteiger partial charge on any atom is 0.261 e. The second-order valence-corrected chi connectivity index (χ2v) is 12.3. The van der Waals surface area contributed by atoms with Crippen LogP contribution < -0.4 is 10.1 Å². The summed E-state index contributed by atoms with van der Waals surface area (Å²) in [5, 5.41) is 3.24. The quantitative estimate of drug-likeness (QED) is 0.234. The molecule has 7 heteroatoms. The smallest absolute Gasteiger partial charge is 0.261 e. The Morgan fingerprint density at radius 2 is 1.67 bits per heavy atom. The second kappa shape index (κ2) is 14.1. The van der Waals surface area contributed by atoms with Crippen molar-refractivity contribution in [2.75, 3.05) is 6.61 Å². The molecule has 1 atom stereocenters. The van der Waals surface area contributed by atoms with E-state index in [1.807, 2.05) is 72.8 Å². The zero-order valence-corrected chi connectivity index (χ0v) is 25.7. The van der Waals surface area contributed by atoms with Crippen molar-refractivity contribution in [3.63, 3.8) is 0 Å². The van der Waals surface area contributed by atoms with Gasteiger partial charge in [0.1, 0.15) is 11.8 Å². The molecule has 206 valence electrons.